The molecule has 0 aromatic carbocycles. The van der Waals surface area contributed by atoms with Crippen LogP contribution in [0.5, 0.6) is 0 Å². The molecule has 0 aliphatic rings. The predicted molar refractivity (Wildman–Crippen MR) is 64.2 cm³/mol. The molecule has 0 amide bonds. The van der Waals surface area contributed by atoms with Crippen molar-refractivity contribution in [1.29, 1.82) is 0 Å². The van der Waals surface area contributed by atoms with Crippen LogP contribution in [-0.2, 0) is 6.42 Å². The molecule has 0 aliphatic carbocycles. The van der Waals surface area contributed by atoms with E-state index in [1.54, 1.807) is 0 Å². The van der Waals surface area contributed by atoms with Crippen LogP contribution in [0.1, 0.15) is 51.3 Å². The summed E-state index contributed by atoms with van der Waals surface area (Å²) in [6, 6.07) is 0. The Balaban J connectivity index is 1.78. The summed E-state index contributed by atoms with van der Waals surface area (Å²) in [7, 11) is 0. The summed E-state index contributed by atoms with van der Waals surface area (Å²) in [6.45, 7) is 4.29. The van der Waals surface area contributed by atoms with Gasteiger partial charge in [0.05, 0.1) is 0 Å². The van der Waals surface area contributed by atoms with Crippen molar-refractivity contribution >= 4 is 0 Å². The van der Waals surface area contributed by atoms with Gasteiger partial charge in [-0.3, -0.25) is 0 Å². The first kappa shape index (κ1) is 13.2. The molecule has 1 N–H and O–H groups in total. The highest BCUT2D eigenvalue weighted by molar-refractivity contribution is 4.78. The third-order valence-electron chi connectivity index (χ3n) is 2.64. The summed E-state index contributed by atoms with van der Waals surface area (Å²) in [5, 5.41) is 7.15. The topological polar surface area (TPSA) is 51.0 Å². The lowest BCUT2D eigenvalue weighted by Gasteiger charge is -2.02. The summed E-state index contributed by atoms with van der Waals surface area (Å²) < 4.78 is 4.66. The van der Waals surface area contributed by atoms with E-state index in [4.69, 9.17) is 0 Å². The van der Waals surface area contributed by atoms with Gasteiger partial charge in [0.25, 0.3) is 0 Å². The molecule has 0 bridgehead atoms. The van der Waals surface area contributed by atoms with Gasteiger partial charge in [-0.05, 0) is 13.0 Å². The largest absolute Gasteiger partial charge is 0.343 e. The number of rotatable bonds is 10. The zero-order valence-electron chi connectivity index (χ0n) is 10.2. The van der Waals surface area contributed by atoms with E-state index in [-0.39, 0.29) is 0 Å². The Kier molecular flexibility index (Phi) is 7.68. The minimum Gasteiger partial charge on any atom is -0.343 e. The molecule has 4 heteroatoms. The molecule has 1 aromatic rings. The highest BCUT2D eigenvalue weighted by Gasteiger charge is 1.96. The standard InChI is InChI=1S/C12H23N3O/c1-2-3-4-5-6-7-9-13-10-8-12-14-11-16-15-12/h11,13H,2-10H2,1H3. The fourth-order valence-electron chi connectivity index (χ4n) is 1.66. The molecule has 0 aliphatic heterocycles. The maximum Gasteiger partial charge on any atom is 0.213 e. The predicted octanol–water partition coefficient (Wildman–Crippen LogP) is 2.56. The number of aromatic nitrogens is 2. The smallest absolute Gasteiger partial charge is 0.213 e. The van der Waals surface area contributed by atoms with E-state index in [1.807, 2.05) is 0 Å². The number of hydrogen-bond acceptors (Lipinski definition) is 4. The highest BCUT2D eigenvalue weighted by atomic mass is 16.5. The van der Waals surface area contributed by atoms with Gasteiger partial charge in [0.15, 0.2) is 5.82 Å². The van der Waals surface area contributed by atoms with Crippen molar-refractivity contribution in [3.05, 3.63) is 12.2 Å². The first-order valence-corrected chi connectivity index (χ1v) is 6.39. The average Bonchev–Trinajstić information content (AvgIpc) is 2.80. The summed E-state index contributed by atoms with van der Waals surface area (Å²) in [5.41, 5.74) is 0. The van der Waals surface area contributed by atoms with E-state index in [0.717, 1.165) is 25.3 Å². The van der Waals surface area contributed by atoms with Gasteiger partial charge in [0.1, 0.15) is 0 Å². The van der Waals surface area contributed by atoms with Crippen LogP contribution in [-0.4, -0.2) is 23.2 Å². The molecular formula is C12H23N3O. The van der Waals surface area contributed by atoms with Crippen molar-refractivity contribution in [1.82, 2.24) is 15.5 Å². The van der Waals surface area contributed by atoms with Gasteiger partial charge in [-0.15, -0.1) is 0 Å². The van der Waals surface area contributed by atoms with E-state index < -0.39 is 0 Å². The Hall–Kier alpha value is -0.900. The van der Waals surface area contributed by atoms with Crippen LogP contribution in [0.4, 0.5) is 0 Å². The van der Waals surface area contributed by atoms with Gasteiger partial charge in [0.2, 0.25) is 6.39 Å². The van der Waals surface area contributed by atoms with Crippen LogP contribution in [0.15, 0.2) is 10.9 Å². The van der Waals surface area contributed by atoms with E-state index in [0.29, 0.717) is 0 Å². The zero-order valence-corrected chi connectivity index (χ0v) is 10.2. The maximum absolute atomic E-state index is 4.66. The third kappa shape index (κ3) is 6.56. The van der Waals surface area contributed by atoms with Gasteiger partial charge in [-0.25, -0.2) is 0 Å². The first-order chi connectivity index (χ1) is 7.93. The SMILES string of the molecule is CCCCCCCCNCCc1ncon1. The van der Waals surface area contributed by atoms with Crippen LogP contribution in [0.25, 0.3) is 0 Å². The van der Waals surface area contributed by atoms with E-state index in [2.05, 4.69) is 26.9 Å². The van der Waals surface area contributed by atoms with Crippen LogP contribution in [0.3, 0.4) is 0 Å². The molecule has 4 nitrogen and oxygen atoms in total. The molecular weight excluding hydrogens is 202 g/mol. The lowest BCUT2D eigenvalue weighted by Crippen LogP contribution is -2.18. The van der Waals surface area contributed by atoms with Gasteiger partial charge in [-0.1, -0.05) is 44.2 Å². The zero-order chi connectivity index (χ0) is 11.5. The van der Waals surface area contributed by atoms with E-state index in [9.17, 15) is 0 Å². The van der Waals surface area contributed by atoms with Crippen LogP contribution in [0, 0.1) is 0 Å². The van der Waals surface area contributed by atoms with Crippen molar-refractivity contribution in [2.75, 3.05) is 13.1 Å². The monoisotopic (exact) mass is 225 g/mol. The number of unbranched alkanes of at least 4 members (excludes halogenated alkanes) is 5. The van der Waals surface area contributed by atoms with E-state index in [1.165, 1.54) is 44.9 Å². The highest BCUT2D eigenvalue weighted by Crippen LogP contribution is 2.03. The molecule has 0 radical (unpaired) electrons. The molecule has 1 rings (SSSR count). The van der Waals surface area contributed by atoms with Gasteiger partial charge in [0, 0.05) is 13.0 Å². The molecule has 0 saturated heterocycles. The van der Waals surface area contributed by atoms with E-state index >= 15 is 0 Å². The Labute approximate surface area is 97.8 Å². The second kappa shape index (κ2) is 9.33. The van der Waals surface area contributed by atoms with Crippen molar-refractivity contribution in [3.8, 4) is 0 Å². The van der Waals surface area contributed by atoms with Crippen LogP contribution in [0.2, 0.25) is 0 Å². The summed E-state index contributed by atoms with van der Waals surface area (Å²) in [5.74, 6) is 0.787. The Morgan fingerprint density at radius 3 is 2.69 bits per heavy atom. The van der Waals surface area contributed by atoms with Crippen LogP contribution >= 0.6 is 0 Å². The Bertz CT molecular complexity index is 236. The fraction of sp³-hybridized carbons (Fsp3) is 0.833. The van der Waals surface area contributed by atoms with Gasteiger partial charge < -0.3 is 9.84 Å². The van der Waals surface area contributed by atoms with Crippen molar-refractivity contribution in [2.24, 2.45) is 0 Å². The number of nitrogens with one attached hydrogen (secondary N) is 1. The molecule has 0 unspecified atom stereocenters. The molecule has 0 atom stereocenters. The quantitative estimate of drug-likeness (QED) is 0.622. The first-order valence-electron chi connectivity index (χ1n) is 6.39. The molecule has 0 spiro atoms. The summed E-state index contributed by atoms with van der Waals surface area (Å²) >= 11 is 0. The van der Waals surface area contributed by atoms with Crippen molar-refractivity contribution in [2.45, 2.75) is 51.9 Å². The summed E-state index contributed by atoms with van der Waals surface area (Å²) in [4.78, 5) is 3.97. The Morgan fingerprint density at radius 2 is 1.94 bits per heavy atom. The number of nitrogens with zero attached hydrogens (tertiary/aromatic N) is 2. The number of hydrogen-bond donors (Lipinski definition) is 1. The maximum atomic E-state index is 4.66. The second-order valence-electron chi connectivity index (χ2n) is 4.12. The third-order valence-corrected chi connectivity index (χ3v) is 2.64. The molecule has 0 fully saturated rings. The van der Waals surface area contributed by atoms with Crippen LogP contribution < -0.4 is 5.32 Å². The lowest BCUT2D eigenvalue weighted by molar-refractivity contribution is 0.409. The molecule has 16 heavy (non-hydrogen) atoms. The molecule has 0 saturated carbocycles. The molecule has 92 valence electrons. The minimum atomic E-state index is 0.787. The average molecular weight is 225 g/mol. The molecule has 1 heterocycles. The fourth-order valence-corrected chi connectivity index (χ4v) is 1.66. The summed E-state index contributed by atoms with van der Waals surface area (Å²) in [6.07, 6.45) is 10.3. The van der Waals surface area contributed by atoms with Gasteiger partial charge in [-0.2, -0.15) is 4.98 Å². The minimum absolute atomic E-state index is 0.787. The lowest BCUT2D eigenvalue weighted by atomic mass is 10.1. The molecule has 1 aromatic heterocycles. The van der Waals surface area contributed by atoms with Crippen molar-refractivity contribution < 1.29 is 4.52 Å². The Morgan fingerprint density at radius 1 is 1.12 bits per heavy atom. The van der Waals surface area contributed by atoms with Gasteiger partial charge >= 0.3 is 0 Å². The van der Waals surface area contributed by atoms with Crippen molar-refractivity contribution in [3.63, 3.8) is 0 Å². The second-order valence-corrected chi connectivity index (χ2v) is 4.12. The normalized spacial score (nSPS) is 10.8.